The van der Waals surface area contributed by atoms with Crippen molar-refractivity contribution in [3.63, 3.8) is 0 Å². The molecule has 0 saturated carbocycles. The predicted octanol–water partition coefficient (Wildman–Crippen LogP) is 3.13. The van der Waals surface area contributed by atoms with Crippen LogP contribution >= 0.6 is 23.5 Å². The summed E-state index contributed by atoms with van der Waals surface area (Å²) >= 11 is 4.12. The highest BCUT2D eigenvalue weighted by Gasteiger charge is 2.31. The first-order valence-corrected chi connectivity index (χ1v) is 8.40. The highest BCUT2D eigenvalue weighted by atomic mass is 32.2. The largest absolute Gasteiger partial charge is 0.271 e. The molecule has 1 fully saturated rings. The summed E-state index contributed by atoms with van der Waals surface area (Å²) in [4.78, 5) is 0. The van der Waals surface area contributed by atoms with Crippen molar-refractivity contribution in [1.29, 1.82) is 0 Å². The van der Waals surface area contributed by atoms with E-state index >= 15 is 0 Å². The van der Waals surface area contributed by atoms with Gasteiger partial charge in [0.1, 0.15) is 0 Å². The lowest BCUT2D eigenvalue weighted by Crippen LogP contribution is -2.40. The third-order valence-corrected chi connectivity index (χ3v) is 7.02. The van der Waals surface area contributed by atoms with Crippen molar-refractivity contribution in [1.82, 2.24) is 5.43 Å². The smallest absolute Gasteiger partial charge is 0.0586 e. The van der Waals surface area contributed by atoms with E-state index in [1.807, 2.05) is 0 Å². The fourth-order valence-electron chi connectivity index (χ4n) is 2.26. The van der Waals surface area contributed by atoms with Gasteiger partial charge in [-0.1, -0.05) is 43.7 Å². The third kappa shape index (κ3) is 3.23. The lowest BCUT2D eigenvalue weighted by Gasteiger charge is -2.35. The van der Waals surface area contributed by atoms with Crippen LogP contribution in [0.25, 0.3) is 0 Å². The number of thioether (sulfide) groups is 2. The Labute approximate surface area is 118 Å². The van der Waals surface area contributed by atoms with E-state index < -0.39 is 0 Å². The zero-order chi connectivity index (χ0) is 13.1. The molecule has 0 spiro atoms. The molecule has 0 aromatic heterocycles. The number of nitrogens with two attached hydrogens (primary N) is 1. The topological polar surface area (TPSA) is 38.0 Å². The fraction of sp³-hybridized carbons (Fsp3) is 0.571. The molecular weight excluding hydrogens is 260 g/mol. The Morgan fingerprint density at radius 1 is 1.33 bits per heavy atom. The normalized spacial score (nSPS) is 30.1. The molecule has 1 aromatic carbocycles. The minimum absolute atomic E-state index is 0.248. The molecule has 4 atom stereocenters. The van der Waals surface area contributed by atoms with Crippen LogP contribution in [0.4, 0.5) is 0 Å². The van der Waals surface area contributed by atoms with Crippen LogP contribution in [-0.4, -0.2) is 21.5 Å². The molecule has 18 heavy (non-hydrogen) atoms. The minimum Gasteiger partial charge on any atom is -0.271 e. The van der Waals surface area contributed by atoms with E-state index in [1.54, 1.807) is 0 Å². The van der Waals surface area contributed by atoms with E-state index in [1.165, 1.54) is 16.9 Å². The molecule has 0 aliphatic carbocycles. The Balaban J connectivity index is 2.14. The second kappa shape index (κ2) is 6.33. The second-order valence-corrected chi connectivity index (χ2v) is 8.01. The van der Waals surface area contributed by atoms with E-state index in [0.717, 1.165) is 5.25 Å². The molecule has 1 saturated heterocycles. The second-order valence-electron chi connectivity index (χ2n) is 4.98. The van der Waals surface area contributed by atoms with Crippen LogP contribution in [0.2, 0.25) is 0 Å². The van der Waals surface area contributed by atoms with Crippen LogP contribution in [-0.2, 0) is 0 Å². The number of aryl methyl sites for hydroxylation is 1. The van der Waals surface area contributed by atoms with Crippen molar-refractivity contribution in [2.75, 3.05) is 5.75 Å². The van der Waals surface area contributed by atoms with Crippen molar-refractivity contribution >= 4 is 23.5 Å². The number of hydrogen-bond acceptors (Lipinski definition) is 4. The van der Waals surface area contributed by atoms with Crippen molar-refractivity contribution < 1.29 is 0 Å². The Bertz CT molecular complexity index is 397. The Hall–Kier alpha value is -0.160. The predicted molar refractivity (Wildman–Crippen MR) is 84.0 cm³/mol. The number of benzene rings is 1. The Kier molecular flexibility index (Phi) is 5.01. The maximum Gasteiger partial charge on any atom is 0.0586 e. The summed E-state index contributed by atoms with van der Waals surface area (Å²) in [5, 5.41) is 1.98. The van der Waals surface area contributed by atoms with E-state index in [0.29, 0.717) is 10.5 Å². The fourth-order valence-corrected chi connectivity index (χ4v) is 5.36. The van der Waals surface area contributed by atoms with Gasteiger partial charge in [0.15, 0.2) is 0 Å². The summed E-state index contributed by atoms with van der Waals surface area (Å²) in [5.74, 6) is 6.96. The van der Waals surface area contributed by atoms with Gasteiger partial charge in [-0.25, -0.2) is 0 Å². The third-order valence-electron chi connectivity index (χ3n) is 3.53. The molecule has 100 valence electrons. The first-order valence-electron chi connectivity index (χ1n) is 6.41. The molecule has 1 aliphatic heterocycles. The SMILES string of the molecule is Cc1cccc(C(NN)C2CSC(C)C(C)S2)c1. The monoisotopic (exact) mass is 282 g/mol. The van der Waals surface area contributed by atoms with E-state index in [4.69, 9.17) is 5.84 Å². The number of hydrogen-bond donors (Lipinski definition) is 2. The molecule has 1 heterocycles. The highest BCUT2D eigenvalue weighted by Crippen LogP contribution is 2.40. The number of hydrazine groups is 1. The molecule has 4 heteroatoms. The zero-order valence-electron chi connectivity index (χ0n) is 11.2. The van der Waals surface area contributed by atoms with Crippen molar-refractivity contribution in [3.8, 4) is 0 Å². The molecule has 1 aliphatic rings. The van der Waals surface area contributed by atoms with Crippen LogP contribution in [0.1, 0.15) is 31.0 Å². The van der Waals surface area contributed by atoms with Crippen molar-refractivity contribution in [2.45, 2.75) is 42.6 Å². The molecule has 4 unspecified atom stereocenters. The molecule has 2 nitrogen and oxygen atoms in total. The van der Waals surface area contributed by atoms with Gasteiger partial charge >= 0.3 is 0 Å². The van der Waals surface area contributed by atoms with Gasteiger partial charge in [-0.15, -0.1) is 0 Å². The molecule has 0 bridgehead atoms. The van der Waals surface area contributed by atoms with Gasteiger partial charge in [-0.3, -0.25) is 11.3 Å². The van der Waals surface area contributed by atoms with Crippen LogP contribution < -0.4 is 11.3 Å². The van der Waals surface area contributed by atoms with Gasteiger partial charge in [-0.05, 0) is 12.5 Å². The molecule has 2 rings (SSSR count). The zero-order valence-corrected chi connectivity index (χ0v) is 12.9. The maximum atomic E-state index is 5.79. The van der Waals surface area contributed by atoms with Gasteiger partial charge < -0.3 is 0 Å². The Morgan fingerprint density at radius 2 is 2.11 bits per heavy atom. The van der Waals surface area contributed by atoms with E-state index in [2.05, 4.69) is 74.0 Å². The van der Waals surface area contributed by atoms with Crippen LogP contribution in [0.3, 0.4) is 0 Å². The lowest BCUT2D eigenvalue weighted by atomic mass is 10.0. The van der Waals surface area contributed by atoms with Crippen LogP contribution in [0.5, 0.6) is 0 Å². The average Bonchev–Trinajstić information content (AvgIpc) is 2.35. The van der Waals surface area contributed by atoms with Crippen LogP contribution in [0, 0.1) is 6.92 Å². The molecule has 0 amide bonds. The standard InChI is InChI=1S/C14H22N2S2/c1-9-5-4-6-12(7-9)14(16-15)13-8-17-10(2)11(3)18-13/h4-7,10-11,13-14,16H,8,15H2,1-3H3. The summed E-state index contributed by atoms with van der Waals surface area (Å²) in [6, 6.07) is 8.90. The molecule has 1 aromatic rings. The number of rotatable bonds is 3. The quantitative estimate of drug-likeness (QED) is 0.660. The number of nitrogens with one attached hydrogen (secondary N) is 1. The van der Waals surface area contributed by atoms with Gasteiger partial charge in [-0.2, -0.15) is 23.5 Å². The van der Waals surface area contributed by atoms with Gasteiger partial charge in [0.2, 0.25) is 0 Å². The van der Waals surface area contributed by atoms with Crippen LogP contribution in [0.15, 0.2) is 24.3 Å². The van der Waals surface area contributed by atoms with Crippen molar-refractivity contribution in [2.24, 2.45) is 5.84 Å². The average molecular weight is 282 g/mol. The molecular formula is C14H22N2S2. The first-order chi connectivity index (χ1) is 8.61. The summed E-state index contributed by atoms with van der Waals surface area (Å²) < 4.78 is 0. The molecule has 3 N–H and O–H groups in total. The van der Waals surface area contributed by atoms with Gasteiger partial charge in [0.05, 0.1) is 6.04 Å². The highest BCUT2D eigenvalue weighted by molar-refractivity contribution is 8.07. The summed E-state index contributed by atoms with van der Waals surface area (Å²) in [6.45, 7) is 6.76. The van der Waals surface area contributed by atoms with Crippen molar-refractivity contribution in [3.05, 3.63) is 35.4 Å². The molecule has 0 radical (unpaired) electrons. The minimum atomic E-state index is 0.248. The van der Waals surface area contributed by atoms with E-state index in [-0.39, 0.29) is 6.04 Å². The van der Waals surface area contributed by atoms with Gasteiger partial charge in [0, 0.05) is 21.5 Å². The summed E-state index contributed by atoms with van der Waals surface area (Å²) in [6.07, 6.45) is 0. The lowest BCUT2D eigenvalue weighted by molar-refractivity contribution is 0.549. The summed E-state index contributed by atoms with van der Waals surface area (Å²) in [5.41, 5.74) is 5.61. The first kappa shape index (κ1) is 14.3. The Morgan fingerprint density at radius 3 is 2.72 bits per heavy atom. The van der Waals surface area contributed by atoms with E-state index in [9.17, 15) is 0 Å². The maximum absolute atomic E-state index is 5.79. The van der Waals surface area contributed by atoms with Gasteiger partial charge in [0.25, 0.3) is 0 Å². The summed E-state index contributed by atoms with van der Waals surface area (Å²) in [7, 11) is 0.